The largest absolute Gasteiger partial charge is 0.481 e. The lowest BCUT2D eigenvalue weighted by molar-refractivity contribution is -0.138. The number of nitrogens with zero attached hydrogens (tertiary/aromatic N) is 2. The zero-order valence-corrected chi connectivity index (χ0v) is 12.0. The standard InChI is InChI=1S/C14H16N2O3S/c1-16(8-7-12(17)18)14(19)11-9-20-13(15-11)10-5-3-2-4-6-10/h2-6,11H,7-9H2,1H3,(H,17,18). The van der Waals surface area contributed by atoms with E-state index in [1.165, 1.54) is 4.90 Å². The van der Waals surface area contributed by atoms with Gasteiger partial charge in [0.25, 0.3) is 0 Å². The van der Waals surface area contributed by atoms with Crippen LogP contribution in [0.25, 0.3) is 0 Å². The van der Waals surface area contributed by atoms with Crippen molar-refractivity contribution >= 4 is 28.7 Å². The van der Waals surface area contributed by atoms with Crippen molar-refractivity contribution in [3.63, 3.8) is 0 Å². The third-order valence-electron chi connectivity index (χ3n) is 2.99. The Morgan fingerprint density at radius 2 is 2.10 bits per heavy atom. The van der Waals surface area contributed by atoms with Crippen LogP contribution < -0.4 is 0 Å². The van der Waals surface area contributed by atoms with E-state index < -0.39 is 12.0 Å². The highest BCUT2D eigenvalue weighted by Crippen LogP contribution is 2.24. The summed E-state index contributed by atoms with van der Waals surface area (Å²) in [6.45, 7) is 0.214. The minimum absolute atomic E-state index is 0.0443. The van der Waals surface area contributed by atoms with Gasteiger partial charge < -0.3 is 10.0 Å². The van der Waals surface area contributed by atoms with E-state index in [2.05, 4.69) is 4.99 Å². The number of carbonyl (C=O) groups excluding carboxylic acids is 1. The molecule has 106 valence electrons. The maximum atomic E-state index is 12.1. The van der Waals surface area contributed by atoms with Crippen molar-refractivity contribution in [3.8, 4) is 0 Å². The summed E-state index contributed by atoms with van der Waals surface area (Å²) in [4.78, 5) is 28.6. The van der Waals surface area contributed by atoms with Crippen molar-refractivity contribution in [3.05, 3.63) is 35.9 Å². The fourth-order valence-electron chi connectivity index (χ4n) is 1.87. The summed E-state index contributed by atoms with van der Waals surface area (Å²) in [5, 5.41) is 9.50. The normalized spacial score (nSPS) is 17.6. The number of carboxylic acid groups (broad SMARTS) is 1. The first-order chi connectivity index (χ1) is 9.58. The smallest absolute Gasteiger partial charge is 0.305 e. The van der Waals surface area contributed by atoms with Crippen LogP contribution in [0, 0.1) is 0 Å². The summed E-state index contributed by atoms with van der Waals surface area (Å²) in [7, 11) is 1.62. The summed E-state index contributed by atoms with van der Waals surface area (Å²) >= 11 is 1.56. The Morgan fingerprint density at radius 3 is 2.75 bits per heavy atom. The number of carbonyl (C=O) groups is 2. The molecule has 1 aromatic carbocycles. The molecule has 0 bridgehead atoms. The van der Waals surface area contributed by atoms with Gasteiger partial charge in [-0.1, -0.05) is 30.3 Å². The number of hydrogen-bond donors (Lipinski definition) is 1. The van der Waals surface area contributed by atoms with Crippen LogP contribution >= 0.6 is 11.8 Å². The summed E-state index contributed by atoms with van der Waals surface area (Å²) in [6, 6.07) is 9.33. The molecule has 0 radical (unpaired) electrons. The molecule has 2 rings (SSSR count). The Kier molecular flexibility index (Phi) is 4.79. The molecule has 1 unspecified atom stereocenters. The van der Waals surface area contributed by atoms with E-state index in [-0.39, 0.29) is 18.9 Å². The van der Waals surface area contributed by atoms with Crippen LogP contribution in [0.4, 0.5) is 0 Å². The van der Waals surface area contributed by atoms with E-state index in [0.717, 1.165) is 10.6 Å². The van der Waals surface area contributed by atoms with Crippen molar-refractivity contribution in [2.45, 2.75) is 12.5 Å². The van der Waals surface area contributed by atoms with Crippen LogP contribution in [-0.4, -0.2) is 52.3 Å². The molecule has 1 heterocycles. The third-order valence-corrected chi connectivity index (χ3v) is 4.09. The van der Waals surface area contributed by atoms with Gasteiger partial charge in [-0.15, -0.1) is 11.8 Å². The fourth-order valence-corrected chi connectivity index (χ4v) is 2.90. The molecule has 5 nitrogen and oxygen atoms in total. The number of thioether (sulfide) groups is 1. The Labute approximate surface area is 121 Å². The molecular formula is C14H16N2O3S. The fraction of sp³-hybridized carbons (Fsp3) is 0.357. The number of hydrogen-bond acceptors (Lipinski definition) is 4. The number of aliphatic carboxylic acids is 1. The number of aliphatic imine (C=N–C) groups is 1. The third kappa shape index (κ3) is 3.60. The lowest BCUT2D eigenvalue weighted by Gasteiger charge is -2.18. The first kappa shape index (κ1) is 14.6. The maximum Gasteiger partial charge on any atom is 0.305 e. The minimum atomic E-state index is -0.904. The van der Waals surface area contributed by atoms with Gasteiger partial charge in [0.1, 0.15) is 6.04 Å². The molecule has 0 aliphatic carbocycles. The molecule has 1 N–H and O–H groups in total. The minimum Gasteiger partial charge on any atom is -0.481 e. The first-order valence-corrected chi connectivity index (χ1v) is 7.29. The van der Waals surface area contributed by atoms with Crippen LogP contribution in [0.2, 0.25) is 0 Å². The second-order valence-electron chi connectivity index (χ2n) is 4.53. The molecule has 0 saturated heterocycles. The molecule has 1 aliphatic heterocycles. The van der Waals surface area contributed by atoms with Gasteiger partial charge in [-0.2, -0.15) is 0 Å². The van der Waals surface area contributed by atoms with Gasteiger partial charge in [0.05, 0.1) is 11.5 Å². The van der Waals surface area contributed by atoms with Gasteiger partial charge in [0.2, 0.25) is 5.91 Å². The Morgan fingerprint density at radius 1 is 1.40 bits per heavy atom. The Bertz CT molecular complexity index is 530. The second kappa shape index (κ2) is 6.56. The van der Waals surface area contributed by atoms with Crippen molar-refractivity contribution < 1.29 is 14.7 Å². The Balaban J connectivity index is 1.99. The zero-order chi connectivity index (χ0) is 14.5. The molecule has 1 atom stereocenters. The van der Waals surface area contributed by atoms with Crippen LogP contribution in [0.3, 0.4) is 0 Å². The van der Waals surface area contributed by atoms with E-state index >= 15 is 0 Å². The van der Waals surface area contributed by atoms with E-state index in [9.17, 15) is 9.59 Å². The van der Waals surface area contributed by atoms with Gasteiger partial charge in [0, 0.05) is 24.9 Å². The monoisotopic (exact) mass is 292 g/mol. The SMILES string of the molecule is CN(CCC(=O)O)C(=O)C1CSC(c2ccccc2)=N1. The average Bonchev–Trinajstić information content (AvgIpc) is 2.94. The van der Waals surface area contributed by atoms with Gasteiger partial charge >= 0.3 is 5.97 Å². The number of rotatable bonds is 5. The van der Waals surface area contributed by atoms with E-state index in [1.54, 1.807) is 18.8 Å². The lowest BCUT2D eigenvalue weighted by atomic mass is 10.2. The lowest BCUT2D eigenvalue weighted by Crippen LogP contribution is -2.37. The van der Waals surface area contributed by atoms with E-state index in [1.807, 2.05) is 30.3 Å². The van der Waals surface area contributed by atoms with Crippen LogP contribution in [0.1, 0.15) is 12.0 Å². The van der Waals surface area contributed by atoms with E-state index in [0.29, 0.717) is 5.75 Å². The van der Waals surface area contributed by atoms with Crippen molar-refractivity contribution in [1.29, 1.82) is 0 Å². The van der Waals surface area contributed by atoms with Gasteiger partial charge in [-0.25, -0.2) is 0 Å². The molecule has 6 heteroatoms. The predicted octanol–water partition coefficient (Wildman–Crippen LogP) is 1.48. The van der Waals surface area contributed by atoms with Crippen molar-refractivity contribution in [2.24, 2.45) is 4.99 Å². The van der Waals surface area contributed by atoms with E-state index in [4.69, 9.17) is 5.11 Å². The highest BCUT2D eigenvalue weighted by atomic mass is 32.2. The second-order valence-corrected chi connectivity index (χ2v) is 5.54. The first-order valence-electron chi connectivity index (χ1n) is 6.30. The molecule has 0 spiro atoms. The molecule has 1 aromatic rings. The molecule has 1 amide bonds. The predicted molar refractivity (Wildman–Crippen MR) is 79.1 cm³/mol. The topological polar surface area (TPSA) is 70.0 Å². The summed E-state index contributed by atoms with van der Waals surface area (Å²) in [6.07, 6.45) is -0.0443. The van der Waals surface area contributed by atoms with Crippen molar-refractivity contribution in [2.75, 3.05) is 19.3 Å². The average molecular weight is 292 g/mol. The zero-order valence-electron chi connectivity index (χ0n) is 11.2. The van der Waals surface area contributed by atoms with Gasteiger partial charge in [-0.05, 0) is 0 Å². The van der Waals surface area contributed by atoms with Crippen LogP contribution in [-0.2, 0) is 9.59 Å². The molecule has 0 fully saturated rings. The van der Waals surface area contributed by atoms with Gasteiger partial charge in [-0.3, -0.25) is 14.6 Å². The molecular weight excluding hydrogens is 276 g/mol. The van der Waals surface area contributed by atoms with Gasteiger partial charge in [0.15, 0.2) is 0 Å². The number of carboxylic acids is 1. The van der Waals surface area contributed by atoms with Crippen LogP contribution in [0.15, 0.2) is 35.3 Å². The number of amides is 1. The molecule has 1 aliphatic rings. The highest BCUT2D eigenvalue weighted by molar-refractivity contribution is 8.14. The number of likely N-dealkylation sites (N-methyl/N-ethyl adjacent to an activating group) is 1. The molecule has 0 aromatic heterocycles. The summed E-state index contributed by atoms with van der Waals surface area (Å²) < 4.78 is 0. The maximum absolute atomic E-state index is 12.1. The summed E-state index contributed by atoms with van der Waals surface area (Å²) in [5.41, 5.74) is 1.01. The number of benzene rings is 1. The van der Waals surface area contributed by atoms with Crippen molar-refractivity contribution in [1.82, 2.24) is 4.90 Å². The molecule has 0 saturated carbocycles. The Hall–Kier alpha value is -1.82. The van der Waals surface area contributed by atoms with Crippen LogP contribution in [0.5, 0.6) is 0 Å². The highest BCUT2D eigenvalue weighted by Gasteiger charge is 2.28. The quantitative estimate of drug-likeness (QED) is 0.892. The summed E-state index contributed by atoms with van der Waals surface area (Å²) in [5.74, 6) is -0.413. The molecule has 20 heavy (non-hydrogen) atoms.